The number of hydrogen-bond donors (Lipinski definition) is 1. The van der Waals surface area contributed by atoms with Crippen molar-refractivity contribution in [3.8, 4) is 5.75 Å². The van der Waals surface area contributed by atoms with Crippen LogP contribution in [-0.2, 0) is 9.53 Å². The van der Waals surface area contributed by atoms with Crippen LogP contribution < -0.4 is 10.1 Å². The van der Waals surface area contributed by atoms with Gasteiger partial charge in [0.25, 0.3) is 5.91 Å². The topological polar surface area (TPSA) is 50.8 Å². The van der Waals surface area contributed by atoms with E-state index in [1.165, 1.54) is 0 Å². The van der Waals surface area contributed by atoms with Crippen molar-refractivity contribution in [1.82, 2.24) is 4.90 Å². The Morgan fingerprint density at radius 3 is 2.88 bits per heavy atom. The van der Waals surface area contributed by atoms with Crippen molar-refractivity contribution in [1.29, 1.82) is 0 Å². The van der Waals surface area contributed by atoms with Crippen LogP contribution in [0.25, 0.3) is 0 Å². The van der Waals surface area contributed by atoms with Crippen LogP contribution in [0.3, 0.4) is 0 Å². The van der Waals surface area contributed by atoms with Crippen LogP contribution in [0.15, 0.2) is 18.2 Å². The Hall–Kier alpha value is -1.59. The lowest BCUT2D eigenvalue weighted by atomic mass is 10.1. The number of rotatable bonds is 3. The highest BCUT2D eigenvalue weighted by molar-refractivity contribution is 5.95. The van der Waals surface area contributed by atoms with E-state index >= 15 is 0 Å². The number of carbonyl (C=O) groups excluding carboxylic acids is 1. The van der Waals surface area contributed by atoms with Crippen molar-refractivity contribution < 1.29 is 14.3 Å². The summed E-state index contributed by atoms with van der Waals surface area (Å²) in [6.45, 7) is 0.0771. The monoisotopic (exact) mass is 236 g/mol. The first-order chi connectivity index (χ1) is 8.11. The summed E-state index contributed by atoms with van der Waals surface area (Å²) in [5.41, 5.74) is 1.67. The van der Waals surface area contributed by atoms with E-state index in [0.29, 0.717) is 11.4 Å². The fraction of sp³-hybridized carbons (Fsp3) is 0.417. The number of ether oxygens (including phenoxy) is 2. The van der Waals surface area contributed by atoms with Gasteiger partial charge in [0.15, 0.2) is 6.61 Å². The first kappa shape index (κ1) is 11.9. The van der Waals surface area contributed by atoms with Crippen LogP contribution in [0, 0.1) is 0 Å². The Morgan fingerprint density at radius 2 is 2.24 bits per heavy atom. The van der Waals surface area contributed by atoms with E-state index in [-0.39, 0.29) is 18.7 Å². The normalized spacial score (nSPS) is 16.1. The molecule has 0 radical (unpaired) electrons. The molecule has 2 rings (SSSR count). The summed E-state index contributed by atoms with van der Waals surface area (Å²) in [5, 5.41) is 2.78. The third-order valence-electron chi connectivity index (χ3n) is 2.61. The van der Waals surface area contributed by atoms with Gasteiger partial charge in [-0.15, -0.1) is 0 Å². The standard InChI is InChI=1S/C12H16N2O3/c1-14(2)12(16-3)8-4-5-10-9(6-8)13-11(15)7-17-10/h4-6,12H,7H2,1-3H3,(H,13,15). The summed E-state index contributed by atoms with van der Waals surface area (Å²) in [5.74, 6) is 0.565. The molecule has 1 aliphatic heterocycles. The Kier molecular flexibility index (Phi) is 3.31. The molecule has 1 amide bonds. The van der Waals surface area contributed by atoms with Crippen LogP contribution >= 0.6 is 0 Å². The van der Waals surface area contributed by atoms with Crippen molar-refractivity contribution in [3.63, 3.8) is 0 Å². The molecule has 0 bridgehead atoms. The molecule has 0 fully saturated rings. The van der Waals surface area contributed by atoms with Gasteiger partial charge in [0.2, 0.25) is 0 Å². The first-order valence-corrected chi connectivity index (χ1v) is 5.37. The number of fused-ring (bicyclic) bond motifs is 1. The molecule has 1 unspecified atom stereocenters. The smallest absolute Gasteiger partial charge is 0.262 e. The lowest BCUT2D eigenvalue weighted by Crippen LogP contribution is -2.26. The number of nitrogens with zero attached hydrogens (tertiary/aromatic N) is 1. The molecule has 5 heteroatoms. The van der Waals surface area contributed by atoms with Crippen LogP contribution in [0.5, 0.6) is 5.75 Å². The molecule has 1 aliphatic rings. The molecule has 5 nitrogen and oxygen atoms in total. The third-order valence-corrected chi connectivity index (χ3v) is 2.61. The zero-order valence-electron chi connectivity index (χ0n) is 10.2. The number of amides is 1. The van der Waals surface area contributed by atoms with Crippen molar-refractivity contribution in [2.75, 3.05) is 33.1 Å². The largest absolute Gasteiger partial charge is 0.482 e. The molecule has 17 heavy (non-hydrogen) atoms. The fourth-order valence-corrected chi connectivity index (χ4v) is 1.90. The van der Waals surface area contributed by atoms with Crippen LogP contribution in [0.2, 0.25) is 0 Å². The summed E-state index contributed by atoms with van der Waals surface area (Å²) in [7, 11) is 5.52. The molecular formula is C12H16N2O3. The summed E-state index contributed by atoms with van der Waals surface area (Å²) in [4.78, 5) is 13.2. The number of nitrogens with one attached hydrogen (secondary N) is 1. The van der Waals surface area contributed by atoms with Gasteiger partial charge in [-0.1, -0.05) is 6.07 Å². The number of hydrogen-bond acceptors (Lipinski definition) is 4. The van der Waals surface area contributed by atoms with Crippen molar-refractivity contribution in [2.45, 2.75) is 6.23 Å². The number of methoxy groups -OCH3 is 1. The van der Waals surface area contributed by atoms with E-state index in [1.54, 1.807) is 7.11 Å². The number of anilines is 1. The van der Waals surface area contributed by atoms with Crippen LogP contribution in [-0.4, -0.2) is 38.6 Å². The van der Waals surface area contributed by atoms with Crippen LogP contribution in [0.1, 0.15) is 11.8 Å². The van der Waals surface area contributed by atoms with Crippen molar-refractivity contribution >= 4 is 11.6 Å². The van der Waals surface area contributed by atoms with Gasteiger partial charge in [0, 0.05) is 7.11 Å². The average Bonchev–Trinajstić information content (AvgIpc) is 2.29. The maximum atomic E-state index is 11.2. The molecule has 1 aromatic rings. The van der Waals surface area contributed by atoms with Gasteiger partial charge in [-0.05, 0) is 31.8 Å². The molecular weight excluding hydrogens is 220 g/mol. The molecule has 0 aromatic heterocycles. The molecule has 1 heterocycles. The Morgan fingerprint density at radius 1 is 1.47 bits per heavy atom. The minimum Gasteiger partial charge on any atom is -0.482 e. The molecule has 1 aromatic carbocycles. The second-order valence-corrected chi connectivity index (χ2v) is 4.14. The van der Waals surface area contributed by atoms with Gasteiger partial charge in [0.05, 0.1) is 5.69 Å². The van der Waals surface area contributed by atoms with Gasteiger partial charge in [0.1, 0.15) is 12.0 Å². The zero-order chi connectivity index (χ0) is 12.4. The Bertz CT molecular complexity index is 432. The van der Waals surface area contributed by atoms with E-state index in [9.17, 15) is 4.79 Å². The van der Waals surface area contributed by atoms with E-state index < -0.39 is 0 Å². The summed E-state index contributed by atoms with van der Waals surface area (Å²) in [6, 6.07) is 5.66. The lowest BCUT2D eigenvalue weighted by molar-refractivity contribution is -0.118. The van der Waals surface area contributed by atoms with Gasteiger partial charge in [-0.2, -0.15) is 0 Å². The minimum absolute atomic E-state index is 0.0771. The van der Waals surface area contributed by atoms with Crippen molar-refractivity contribution in [3.05, 3.63) is 23.8 Å². The van der Waals surface area contributed by atoms with Crippen molar-refractivity contribution in [2.24, 2.45) is 0 Å². The van der Waals surface area contributed by atoms with E-state index in [1.807, 2.05) is 37.2 Å². The van der Waals surface area contributed by atoms with E-state index in [0.717, 1.165) is 5.56 Å². The zero-order valence-corrected chi connectivity index (χ0v) is 10.2. The molecule has 0 spiro atoms. The molecule has 0 saturated carbocycles. The van der Waals surface area contributed by atoms with Gasteiger partial charge in [-0.3, -0.25) is 9.69 Å². The Balaban J connectivity index is 2.32. The molecule has 0 aliphatic carbocycles. The van der Waals surface area contributed by atoms with Gasteiger partial charge < -0.3 is 14.8 Å². The van der Waals surface area contributed by atoms with Gasteiger partial charge >= 0.3 is 0 Å². The highest BCUT2D eigenvalue weighted by atomic mass is 16.5. The molecule has 1 atom stereocenters. The molecule has 1 N–H and O–H groups in total. The second kappa shape index (κ2) is 4.73. The third kappa shape index (κ3) is 2.40. The number of benzene rings is 1. The van der Waals surface area contributed by atoms with E-state index in [4.69, 9.17) is 9.47 Å². The van der Waals surface area contributed by atoms with Gasteiger partial charge in [-0.25, -0.2) is 0 Å². The maximum absolute atomic E-state index is 11.2. The predicted octanol–water partition coefficient (Wildman–Crippen LogP) is 1.22. The Labute approximate surface area is 100 Å². The number of carbonyl (C=O) groups is 1. The molecule has 92 valence electrons. The summed E-state index contributed by atoms with van der Waals surface area (Å²) < 4.78 is 10.7. The summed E-state index contributed by atoms with van der Waals surface area (Å²) >= 11 is 0. The average molecular weight is 236 g/mol. The fourth-order valence-electron chi connectivity index (χ4n) is 1.90. The summed E-state index contributed by atoms with van der Waals surface area (Å²) in [6.07, 6.45) is -0.140. The lowest BCUT2D eigenvalue weighted by Gasteiger charge is -2.25. The molecule has 0 saturated heterocycles. The predicted molar refractivity (Wildman–Crippen MR) is 64.0 cm³/mol. The second-order valence-electron chi connectivity index (χ2n) is 4.14. The SMILES string of the molecule is COC(c1ccc2c(c1)NC(=O)CO2)N(C)C. The van der Waals surface area contributed by atoms with E-state index in [2.05, 4.69) is 5.32 Å². The minimum atomic E-state index is -0.140. The maximum Gasteiger partial charge on any atom is 0.262 e. The van der Waals surface area contributed by atoms with Crippen LogP contribution in [0.4, 0.5) is 5.69 Å². The quantitative estimate of drug-likeness (QED) is 0.802. The first-order valence-electron chi connectivity index (χ1n) is 5.37. The highest BCUT2D eigenvalue weighted by Gasteiger charge is 2.19. The highest BCUT2D eigenvalue weighted by Crippen LogP contribution is 2.31.